The van der Waals surface area contributed by atoms with Crippen LogP contribution in [-0.4, -0.2) is 23.0 Å². The van der Waals surface area contributed by atoms with E-state index in [2.05, 4.69) is 54.3 Å². The van der Waals surface area contributed by atoms with E-state index in [4.69, 9.17) is 0 Å². The van der Waals surface area contributed by atoms with Gasteiger partial charge in [0, 0.05) is 29.2 Å². The fourth-order valence-corrected chi connectivity index (χ4v) is 3.25. The number of nitrogens with zero attached hydrogens (tertiary/aromatic N) is 1. The number of likely N-dealkylation sites (tertiary alicyclic amines) is 1. The zero-order chi connectivity index (χ0) is 11.8. The van der Waals surface area contributed by atoms with Crippen LogP contribution in [0.2, 0.25) is 0 Å². The van der Waals surface area contributed by atoms with Crippen LogP contribution in [0, 0.1) is 0 Å². The highest BCUT2D eigenvalue weighted by Gasteiger charge is 2.31. The molecule has 2 heteroatoms. The summed E-state index contributed by atoms with van der Waals surface area (Å²) in [6, 6.07) is 9.96. The van der Waals surface area contributed by atoms with E-state index in [1.807, 2.05) is 0 Å². The molecule has 1 saturated heterocycles. The standard InChI is InChI=1S/C15H20N2/c1-3-11-8-9-15(17(11)2)13-10-16-14-7-5-4-6-12(13)14/h4-7,10-11,15-16H,3,8-9H2,1-2H3. The van der Waals surface area contributed by atoms with Gasteiger partial charge in [-0.2, -0.15) is 0 Å². The SMILES string of the molecule is CCC1CCC(c2c[nH]c3ccccc23)N1C. The molecule has 1 fully saturated rings. The zero-order valence-electron chi connectivity index (χ0n) is 10.6. The van der Waals surface area contributed by atoms with E-state index >= 15 is 0 Å². The Hall–Kier alpha value is -1.28. The minimum atomic E-state index is 0.594. The fraction of sp³-hybridized carbons (Fsp3) is 0.467. The molecule has 0 amide bonds. The Bertz CT molecular complexity index is 514. The molecule has 1 N–H and O–H groups in total. The molecule has 2 aromatic rings. The third-order valence-corrected chi connectivity index (χ3v) is 4.29. The van der Waals surface area contributed by atoms with Crippen LogP contribution >= 0.6 is 0 Å². The van der Waals surface area contributed by atoms with Crippen molar-refractivity contribution in [3.8, 4) is 0 Å². The van der Waals surface area contributed by atoms with Crippen LogP contribution in [-0.2, 0) is 0 Å². The van der Waals surface area contributed by atoms with Gasteiger partial charge < -0.3 is 4.98 Å². The molecule has 2 nitrogen and oxygen atoms in total. The predicted octanol–water partition coefficient (Wildman–Crippen LogP) is 3.71. The molecule has 0 bridgehead atoms. The molecule has 2 heterocycles. The number of nitrogens with one attached hydrogen (secondary N) is 1. The third kappa shape index (κ3) is 1.67. The summed E-state index contributed by atoms with van der Waals surface area (Å²) in [6.07, 6.45) is 6.08. The number of hydrogen-bond donors (Lipinski definition) is 1. The first-order chi connectivity index (χ1) is 8.31. The number of benzene rings is 1. The van der Waals surface area contributed by atoms with Gasteiger partial charge in [0.2, 0.25) is 0 Å². The summed E-state index contributed by atoms with van der Waals surface area (Å²) in [5.74, 6) is 0. The first kappa shape index (κ1) is 10.8. The van der Waals surface area contributed by atoms with E-state index in [0.29, 0.717) is 6.04 Å². The monoisotopic (exact) mass is 228 g/mol. The van der Waals surface area contributed by atoms with Crippen molar-refractivity contribution in [1.82, 2.24) is 9.88 Å². The van der Waals surface area contributed by atoms with Crippen molar-refractivity contribution < 1.29 is 0 Å². The van der Waals surface area contributed by atoms with Gasteiger partial charge >= 0.3 is 0 Å². The van der Waals surface area contributed by atoms with Crippen molar-refractivity contribution in [1.29, 1.82) is 0 Å². The number of fused-ring (bicyclic) bond motifs is 1. The van der Waals surface area contributed by atoms with Crippen molar-refractivity contribution in [3.05, 3.63) is 36.0 Å². The maximum atomic E-state index is 3.39. The number of aromatic amines is 1. The van der Waals surface area contributed by atoms with Gasteiger partial charge in [-0.3, -0.25) is 4.90 Å². The Labute approximate surface area is 103 Å². The number of H-pyrrole nitrogens is 1. The lowest BCUT2D eigenvalue weighted by Gasteiger charge is -2.24. The van der Waals surface area contributed by atoms with E-state index < -0.39 is 0 Å². The van der Waals surface area contributed by atoms with Gasteiger partial charge in [-0.1, -0.05) is 25.1 Å². The molecule has 1 aromatic heterocycles. The maximum absolute atomic E-state index is 3.39. The highest BCUT2D eigenvalue weighted by Crippen LogP contribution is 2.38. The van der Waals surface area contributed by atoms with Crippen molar-refractivity contribution in [3.63, 3.8) is 0 Å². The second-order valence-electron chi connectivity index (χ2n) is 5.11. The number of aromatic nitrogens is 1. The molecule has 3 rings (SSSR count). The minimum Gasteiger partial charge on any atom is -0.361 e. The second kappa shape index (κ2) is 4.19. The van der Waals surface area contributed by atoms with E-state index in [9.17, 15) is 0 Å². The molecule has 1 aromatic carbocycles. The Morgan fingerprint density at radius 1 is 1.29 bits per heavy atom. The topological polar surface area (TPSA) is 19.0 Å². The molecular formula is C15H20N2. The molecule has 0 saturated carbocycles. The molecule has 90 valence electrons. The van der Waals surface area contributed by atoms with E-state index in [1.54, 1.807) is 0 Å². The van der Waals surface area contributed by atoms with Crippen LogP contribution in [0.5, 0.6) is 0 Å². The maximum Gasteiger partial charge on any atom is 0.0457 e. The van der Waals surface area contributed by atoms with Gasteiger partial charge in [-0.25, -0.2) is 0 Å². The molecule has 1 aliphatic heterocycles. The molecule has 0 aliphatic carbocycles. The van der Waals surface area contributed by atoms with Crippen molar-refractivity contribution in [2.45, 2.75) is 38.3 Å². The lowest BCUT2D eigenvalue weighted by Crippen LogP contribution is -2.26. The van der Waals surface area contributed by atoms with Crippen LogP contribution in [0.3, 0.4) is 0 Å². The number of hydrogen-bond acceptors (Lipinski definition) is 1. The molecular weight excluding hydrogens is 208 g/mol. The molecule has 2 atom stereocenters. The highest BCUT2D eigenvalue weighted by atomic mass is 15.2. The van der Waals surface area contributed by atoms with Crippen LogP contribution in [0.4, 0.5) is 0 Å². The van der Waals surface area contributed by atoms with E-state index in [1.165, 1.54) is 35.7 Å². The highest BCUT2D eigenvalue weighted by molar-refractivity contribution is 5.83. The molecule has 0 spiro atoms. The average Bonchev–Trinajstić information content (AvgIpc) is 2.92. The van der Waals surface area contributed by atoms with Crippen LogP contribution < -0.4 is 0 Å². The van der Waals surface area contributed by atoms with Gasteiger partial charge in [0.05, 0.1) is 0 Å². The average molecular weight is 228 g/mol. The van der Waals surface area contributed by atoms with Gasteiger partial charge in [-0.05, 0) is 37.9 Å². The Kier molecular flexibility index (Phi) is 2.67. The fourth-order valence-electron chi connectivity index (χ4n) is 3.25. The Balaban J connectivity index is 1.99. The first-order valence-electron chi connectivity index (χ1n) is 6.59. The summed E-state index contributed by atoms with van der Waals surface area (Å²) >= 11 is 0. The lowest BCUT2D eigenvalue weighted by molar-refractivity contribution is 0.239. The van der Waals surface area contributed by atoms with Crippen molar-refractivity contribution in [2.24, 2.45) is 0 Å². The van der Waals surface area contributed by atoms with E-state index in [0.717, 1.165) is 6.04 Å². The van der Waals surface area contributed by atoms with E-state index in [-0.39, 0.29) is 0 Å². The Morgan fingerprint density at radius 3 is 2.88 bits per heavy atom. The molecule has 2 unspecified atom stereocenters. The van der Waals surface area contributed by atoms with Gasteiger partial charge in [0.15, 0.2) is 0 Å². The van der Waals surface area contributed by atoms with Crippen LogP contribution in [0.15, 0.2) is 30.5 Å². The zero-order valence-corrected chi connectivity index (χ0v) is 10.6. The third-order valence-electron chi connectivity index (χ3n) is 4.29. The number of para-hydroxylation sites is 1. The normalized spacial score (nSPS) is 25.8. The van der Waals surface area contributed by atoms with Crippen LogP contribution in [0.1, 0.15) is 37.8 Å². The largest absolute Gasteiger partial charge is 0.361 e. The summed E-state index contributed by atoms with van der Waals surface area (Å²) in [7, 11) is 2.27. The van der Waals surface area contributed by atoms with Crippen molar-refractivity contribution >= 4 is 10.9 Å². The van der Waals surface area contributed by atoms with Gasteiger partial charge in [-0.15, -0.1) is 0 Å². The first-order valence-corrected chi connectivity index (χ1v) is 6.59. The lowest BCUT2D eigenvalue weighted by atomic mass is 10.0. The minimum absolute atomic E-state index is 0.594. The molecule has 17 heavy (non-hydrogen) atoms. The van der Waals surface area contributed by atoms with Crippen LogP contribution in [0.25, 0.3) is 10.9 Å². The number of rotatable bonds is 2. The van der Waals surface area contributed by atoms with Gasteiger partial charge in [0.25, 0.3) is 0 Å². The summed E-state index contributed by atoms with van der Waals surface area (Å²) in [5.41, 5.74) is 2.73. The summed E-state index contributed by atoms with van der Waals surface area (Å²) < 4.78 is 0. The smallest absolute Gasteiger partial charge is 0.0457 e. The second-order valence-corrected chi connectivity index (χ2v) is 5.11. The molecule has 0 radical (unpaired) electrons. The molecule has 1 aliphatic rings. The summed E-state index contributed by atoms with van der Waals surface area (Å²) in [4.78, 5) is 5.94. The summed E-state index contributed by atoms with van der Waals surface area (Å²) in [6.45, 7) is 2.29. The summed E-state index contributed by atoms with van der Waals surface area (Å²) in [5, 5.41) is 1.39. The van der Waals surface area contributed by atoms with Gasteiger partial charge in [0.1, 0.15) is 0 Å². The predicted molar refractivity (Wildman–Crippen MR) is 72.1 cm³/mol. The van der Waals surface area contributed by atoms with Crippen molar-refractivity contribution in [2.75, 3.05) is 7.05 Å². The quantitative estimate of drug-likeness (QED) is 0.830. The Morgan fingerprint density at radius 2 is 2.12 bits per heavy atom.